The van der Waals surface area contributed by atoms with E-state index in [1.807, 2.05) is 20.8 Å². The zero-order valence-corrected chi connectivity index (χ0v) is 9.97. The van der Waals surface area contributed by atoms with Gasteiger partial charge in [-0.2, -0.15) is 0 Å². The first-order chi connectivity index (χ1) is 6.88. The fraction of sp³-hybridized carbons (Fsp3) is 0.417. The van der Waals surface area contributed by atoms with E-state index in [1.165, 1.54) is 0 Å². The number of hydrogen-bond acceptors (Lipinski definition) is 2. The van der Waals surface area contributed by atoms with Crippen LogP contribution in [0.4, 0.5) is 0 Å². The lowest BCUT2D eigenvalue weighted by atomic mass is 10.1. The van der Waals surface area contributed by atoms with Gasteiger partial charge in [0.15, 0.2) is 5.78 Å². The van der Waals surface area contributed by atoms with Crippen molar-refractivity contribution in [1.29, 1.82) is 0 Å². The molecule has 0 N–H and O–H groups in total. The second kappa shape index (κ2) is 4.77. The minimum absolute atomic E-state index is 0.0487. The molecule has 0 saturated carbocycles. The minimum Gasteiger partial charge on any atom is -0.368 e. The first kappa shape index (κ1) is 12.2. The summed E-state index contributed by atoms with van der Waals surface area (Å²) in [6.45, 7) is 5.83. The zero-order chi connectivity index (χ0) is 11.5. The van der Waals surface area contributed by atoms with E-state index in [1.54, 1.807) is 24.3 Å². The van der Waals surface area contributed by atoms with E-state index in [0.717, 1.165) is 0 Å². The van der Waals surface area contributed by atoms with Crippen molar-refractivity contribution in [2.24, 2.45) is 0 Å². The molecule has 1 aromatic carbocycles. The Morgan fingerprint density at radius 1 is 1.40 bits per heavy atom. The van der Waals surface area contributed by atoms with Crippen molar-refractivity contribution in [2.75, 3.05) is 6.61 Å². The molecule has 2 nitrogen and oxygen atoms in total. The fourth-order valence-electron chi connectivity index (χ4n) is 1.03. The molecule has 3 heteroatoms. The highest BCUT2D eigenvalue weighted by atomic mass is 35.5. The SMILES string of the molecule is CC(C)(C)OCC(=O)c1cccc(Cl)c1. The van der Waals surface area contributed by atoms with Crippen molar-refractivity contribution in [3.05, 3.63) is 34.9 Å². The number of carbonyl (C=O) groups excluding carboxylic acids is 1. The van der Waals surface area contributed by atoms with Crippen LogP contribution in [0.2, 0.25) is 5.02 Å². The Hall–Kier alpha value is -0.860. The van der Waals surface area contributed by atoms with E-state index in [2.05, 4.69) is 0 Å². The van der Waals surface area contributed by atoms with Crippen LogP contribution in [0.15, 0.2) is 24.3 Å². The Bertz CT molecular complexity index is 353. The number of rotatable bonds is 3. The maximum absolute atomic E-state index is 11.7. The number of ether oxygens (including phenoxy) is 1. The van der Waals surface area contributed by atoms with Gasteiger partial charge in [-0.05, 0) is 32.9 Å². The second-order valence-electron chi connectivity index (χ2n) is 4.33. The van der Waals surface area contributed by atoms with E-state index in [9.17, 15) is 4.79 Å². The maximum atomic E-state index is 11.7. The van der Waals surface area contributed by atoms with E-state index in [0.29, 0.717) is 10.6 Å². The van der Waals surface area contributed by atoms with E-state index in [4.69, 9.17) is 16.3 Å². The van der Waals surface area contributed by atoms with Gasteiger partial charge in [-0.15, -0.1) is 0 Å². The molecule has 0 aromatic heterocycles. The first-order valence-electron chi connectivity index (χ1n) is 4.81. The zero-order valence-electron chi connectivity index (χ0n) is 9.21. The van der Waals surface area contributed by atoms with Crippen molar-refractivity contribution < 1.29 is 9.53 Å². The fourth-order valence-corrected chi connectivity index (χ4v) is 1.22. The normalized spacial score (nSPS) is 11.5. The molecule has 0 radical (unpaired) electrons. The van der Waals surface area contributed by atoms with Gasteiger partial charge in [-0.3, -0.25) is 4.79 Å². The number of hydrogen-bond donors (Lipinski definition) is 0. The molecule has 1 rings (SSSR count). The maximum Gasteiger partial charge on any atom is 0.188 e. The monoisotopic (exact) mass is 226 g/mol. The standard InChI is InChI=1S/C12H15ClO2/c1-12(2,3)15-8-11(14)9-5-4-6-10(13)7-9/h4-7H,8H2,1-3H3. The molecule has 0 atom stereocenters. The Labute approximate surface area is 95.2 Å². The molecule has 0 bridgehead atoms. The van der Waals surface area contributed by atoms with Gasteiger partial charge in [0.05, 0.1) is 5.60 Å². The minimum atomic E-state index is -0.297. The van der Waals surface area contributed by atoms with Crippen molar-refractivity contribution in [2.45, 2.75) is 26.4 Å². The van der Waals surface area contributed by atoms with Crippen LogP contribution >= 0.6 is 11.6 Å². The second-order valence-corrected chi connectivity index (χ2v) is 4.77. The lowest BCUT2D eigenvalue weighted by molar-refractivity contribution is 0.00307. The Balaban J connectivity index is 2.62. The van der Waals surface area contributed by atoms with E-state index >= 15 is 0 Å². The molecule has 15 heavy (non-hydrogen) atoms. The number of ketones is 1. The molecule has 0 unspecified atom stereocenters. The van der Waals surface area contributed by atoms with Gasteiger partial charge < -0.3 is 4.74 Å². The molecule has 82 valence electrons. The molecule has 0 saturated heterocycles. The van der Waals surface area contributed by atoms with Gasteiger partial charge in [0, 0.05) is 10.6 Å². The predicted molar refractivity (Wildman–Crippen MR) is 61.5 cm³/mol. The molecule has 0 aliphatic rings. The predicted octanol–water partition coefficient (Wildman–Crippen LogP) is 3.34. The highest BCUT2D eigenvalue weighted by Gasteiger charge is 2.14. The summed E-state index contributed by atoms with van der Waals surface area (Å²) in [5.74, 6) is -0.0487. The molecular weight excluding hydrogens is 212 g/mol. The highest BCUT2D eigenvalue weighted by molar-refractivity contribution is 6.31. The number of benzene rings is 1. The molecule has 0 heterocycles. The van der Waals surface area contributed by atoms with Crippen LogP contribution in [-0.2, 0) is 4.74 Å². The summed E-state index contributed by atoms with van der Waals surface area (Å²) in [5, 5.41) is 0.566. The number of carbonyl (C=O) groups is 1. The van der Waals surface area contributed by atoms with Crippen molar-refractivity contribution in [3.63, 3.8) is 0 Å². The molecule has 0 aliphatic carbocycles. The van der Waals surface area contributed by atoms with E-state index < -0.39 is 0 Å². The van der Waals surface area contributed by atoms with Crippen LogP contribution in [0, 0.1) is 0 Å². The summed E-state index contributed by atoms with van der Waals surface area (Å²) in [5.41, 5.74) is 0.292. The average Bonchev–Trinajstić information content (AvgIpc) is 2.13. The summed E-state index contributed by atoms with van der Waals surface area (Å²) in [4.78, 5) is 11.7. The third-order valence-corrected chi connectivity index (χ3v) is 2.02. The molecule has 0 spiro atoms. The summed E-state index contributed by atoms with van der Waals surface area (Å²) in [7, 11) is 0. The first-order valence-corrected chi connectivity index (χ1v) is 5.19. The third-order valence-electron chi connectivity index (χ3n) is 1.78. The third kappa shape index (κ3) is 4.45. The Morgan fingerprint density at radius 2 is 2.07 bits per heavy atom. The molecule has 0 amide bonds. The lowest BCUT2D eigenvalue weighted by Crippen LogP contribution is -2.23. The molecule has 0 aliphatic heterocycles. The molecule has 0 fully saturated rings. The van der Waals surface area contributed by atoms with Gasteiger partial charge in [-0.1, -0.05) is 23.7 Å². The average molecular weight is 227 g/mol. The Kier molecular flexibility index (Phi) is 3.89. The van der Waals surface area contributed by atoms with Crippen molar-refractivity contribution in [1.82, 2.24) is 0 Å². The van der Waals surface area contributed by atoms with Gasteiger partial charge >= 0.3 is 0 Å². The summed E-state index contributed by atoms with van der Waals surface area (Å²) in [6, 6.07) is 6.88. The van der Waals surface area contributed by atoms with E-state index in [-0.39, 0.29) is 18.0 Å². The smallest absolute Gasteiger partial charge is 0.188 e. The van der Waals surface area contributed by atoms with Crippen molar-refractivity contribution >= 4 is 17.4 Å². The largest absolute Gasteiger partial charge is 0.368 e. The highest BCUT2D eigenvalue weighted by Crippen LogP contribution is 2.13. The van der Waals surface area contributed by atoms with Gasteiger partial charge in [0.1, 0.15) is 6.61 Å². The van der Waals surface area contributed by atoms with Gasteiger partial charge in [-0.25, -0.2) is 0 Å². The van der Waals surface area contributed by atoms with Gasteiger partial charge in [0.25, 0.3) is 0 Å². The van der Waals surface area contributed by atoms with Crippen molar-refractivity contribution in [3.8, 4) is 0 Å². The van der Waals surface area contributed by atoms with Crippen LogP contribution in [0.1, 0.15) is 31.1 Å². The van der Waals surface area contributed by atoms with Crippen LogP contribution in [0.5, 0.6) is 0 Å². The lowest BCUT2D eigenvalue weighted by Gasteiger charge is -2.18. The Morgan fingerprint density at radius 3 is 2.60 bits per heavy atom. The van der Waals surface area contributed by atoms with Crippen LogP contribution in [0.3, 0.4) is 0 Å². The van der Waals surface area contributed by atoms with Crippen LogP contribution < -0.4 is 0 Å². The summed E-state index contributed by atoms with van der Waals surface area (Å²) >= 11 is 5.79. The topological polar surface area (TPSA) is 26.3 Å². The molecule has 1 aromatic rings. The van der Waals surface area contributed by atoms with Crippen LogP contribution in [0.25, 0.3) is 0 Å². The number of halogens is 1. The summed E-state index contributed by atoms with van der Waals surface area (Å²) < 4.78 is 5.39. The summed E-state index contributed by atoms with van der Waals surface area (Å²) in [6.07, 6.45) is 0. The quantitative estimate of drug-likeness (QED) is 0.739. The molecular formula is C12H15ClO2. The number of Topliss-reactive ketones (excluding diaryl/α,β-unsaturated/α-hetero) is 1. The van der Waals surface area contributed by atoms with Crippen LogP contribution in [-0.4, -0.2) is 18.0 Å². The van der Waals surface area contributed by atoms with Gasteiger partial charge in [0.2, 0.25) is 0 Å².